The van der Waals surface area contributed by atoms with Gasteiger partial charge in [-0.1, -0.05) is 180 Å². The fraction of sp³-hybridized carbons (Fsp3) is 0.925. The van der Waals surface area contributed by atoms with Gasteiger partial charge in [0.2, 0.25) is 5.91 Å². The molecular weight excluding hydrogens is 635 g/mol. The van der Waals surface area contributed by atoms with Gasteiger partial charge in [0.15, 0.2) is 0 Å². The van der Waals surface area contributed by atoms with Crippen LogP contribution in [0.3, 0.4) is 0 Å². The van der Waals surface area contributed by atoms with Crippen LogP contribution in [0.1, 0.15) is 187 Å². The van der Waals surface area contributed by atoms with Gasteiger partial charge in [0.05, 0.1) is 39.9 Å². The summed E-state index contributed by atoms with van der Waals surface area (Å²) in [6, 6.07) is -0.878. The molecule has 2 N–H and O–H groups in total. The normalized spacial score (nSPS) is 14.7. The van der Waals surface area contributed by atoms with Gasteiger partial charge < -0.3 is 28.8 Å². The highest BCUT2D eigenvalue weighted by molar-refractivity contribution is 7.45. The van der Waals surface area contributed by atoms with Gasteiger partial charge in [-0.25, -0.2) is 0 Å². The predicted molar refractivity (Wildman–Crippen MR) is 205 cm³/mol. The minimum Gasteiger partial charge on any atom is -0.756 e. The van der Waals surface area contributed by atoms with Crippen LogP contribution in [0.4, 0.5) is 0 Å². The Morgan fingerprint density at radius 3 is 1.45 bits per heavy atom. The fourth-order valence-electron chi connectivity index (χ4n) is 5.94. The van der Waals surface area contributed by atoms with Crippen molar-refractivity contribution < 1.29 is 32.9 Å². The standard InChI is InChI=1S/C40H81N2O6P/c1-6-8-9-10-11-12-13-14-15-16-17-18-19-20-21-22-23-24-25-26-27-28-29-30-31-32-33-34-39(43)38(41-40(44)7-2)37-48-49(45,46)47-36-35-42(3,4)5/h33-34,38-39,43H,6-32,35-37H2,1-5H3,(H-,41,44,45,46)/b34-33+. The van der Waals surface area contributed by atoms with Crippen LogP contribution in [0, 0.1) is 0 Å². The lowest BCUT2D eigenvalue weighted by molar-refractivity contribution is -0.870. The van der Waals surface area contributed by atoms with Crippen molar-refractivity contribution in [2.45, 2.75) is 199 Å². The number of aliphatic hydroxyl groups excluding tert-OH is 1. The molecule has 0 aromatic heterocycles. The van der Waals surface area contributed by atoms with Crippen LogP contribution in [0.15, 0.2) is 12.2 Å². The molecule has 0 aliphatic rings. The molecule has 292 valence electrons. The van der Waals surface area contributed by atoms with E-state index in [4.69, 9.17) is 9.05 Å². The number of quaternary nitrogens is 1. The summed E-state index contributed by atoms with van der Waals surface area (Å²) in [5, 5.41) is 13.3. The lowest BCUT2D eigenvalue weighted by Gasteiger charge is -2.29. The number of rotatable bonds is 37. The number of hydrogen-bond acceptors (Lipinski definition) is 6. The van der Waals surface area contributed by atoms with Gasteiger partial charge >= 0.3 is 0 Å². The van der Waals surface area contributed by atoms with Gasteiger partial charge in [0.25, 0.3) is 7.82 Å². The monoisotopic (exact) mass is 717 g/mol. The third-order valence-corrected chi connectivity index (χ3v) is 10.3. The van der Waals surface area contributed by atoms with Gasteiger partial charge in [-0.2, -0.15) is 0 Å². The van der Waals surface area contributed by atoms with E-state index < -0.39 is 20.0 Å². The third-order valence-electron chi connectivity index (χ3n) is 9.31. The molecule has 3 atom stereocenters. The van der Waals surface area contributed by atoms with Crippen LogP contribution >= 0.6 is 7.82 Å². The zero-order chi connectivity index (χ0) is 36.5. The first-order chi connectivity index (χ1) is 23.5. The van der Waals surface area contributed by atoms with Crippen molar-refractivity contribution in [2.75, 3.05) is 40.9 Å². The summed E-state index contributed by atoms with van der Waals surface area (Å²) in [5.74, 6) is -0.284. The molecule has 0 aliphatic carbocycles. The number of phosphoric ester groups is 1. The molecule has 9 heteroatoms. The molecule has 0 aromatic carbocycles. The second-order valence-corrected chi connectivity index (χ2v) is 16.7. The summed E-state index contributed by atoms with van der Waals surface area (Å²) in [6.07, 6.45) is 37.9. The van der Waals surface area contributed by atoms with E-state index in [9.17, 15) is 19.4 Å². The van der Waals surface area contributed by atoms with E-state index in [1.165, 1.54) is 148 Å². The van der Waals surface area contributed by atoms with Gasteiger partial charge in [0, 0.05) is 6.42 Å². The Bertz CT molecular complexity index is 819. The van der Waals surface area contributed by atoms with Gasteiger partial charge in [-0.05, 0) is 12.8 Å². The summed E-state index contributed by atoms with van der Waals surface area (Å²) in [5.41, 5.74) is 0. The lowest BCUT2D eigenvalue weighted by atomic mass is 10.0. The Labute approximate surface area is 303 Å². The first-order valence-corrected chi connectivity index (χ1v) is 22.0. The van der Waals surface area contributed by atoms with Crippen LogP contribution in [-0.4, -0.2) is 68.5 Å². The van der Waals surface area contributed by atoms with E-state index in [1.807, 2.05) is 27.2 Å². The Hall–Kier alpha value is -0.760. The minimum absolute atomic E-state index is 0.00166. The Morgan fingerprint density at radius 2 is 1.08 bits per heavy atom. The molecule has 0 spiro atoms. The van der Waals surface area contributed by atoms with Crippen molar-refractivity contribution in [3.05, 3.63) is 12.2 Å². The molecule has 3 unspecified atom stereocenters. The molecule has 0 bridgehead atoms. The molecule has 0 saturated heterocycles. The number of hydrogen-bond donors (Lipinski definition) is 2. The van der Waals surface area contributed by atoms with E-state index >= 15 is 0 Å². The average Bonchev–Trinajstić information content (AvgIpc) is 3.05. The Balaban J connectivity index is 3.73. The Kier molecular flexibility index (Phi) is 32.6. The van der Waals surface area contributed by atoms with Crippen LogP contribution in [0.2, 0.25) is 0 Å². The van der Waals surface area contributed by atoms with Crippen molar-refractivity contribution in [1.29, 1.82) is 0 Å². The van der Waals surface area contributed by atoms with E-state index in [2.05, 4.69) is 12.2 Å². The summed E-state index contributed by atoms with van der Waals surface area (Å²) < 4.78 is 22.6. The molecule has 0 rings (SSSR count). The largest absolute Gasteiger partial charge is 0.756 e. The number of amides is 1. The molecule has 0 aliphatic heterocycles. The van der Waals surface area contributed by atoms with Gasteiger partial charge in [0.1, 0.15) is 13.2 Å². The molecular formula is C40H81N2O6P. The summed E-state index contributed by atoms with van der Waals surface area (Å²) >= 11 is 0. The highest BCUT2D eigenvalue weighted by Gasteiger charge is 2.22. The molecule has 0 saturated carbocycles. The predicted octanol–water partition coefficient (Wildman–Crippen LogP) is 10.2. The van der Waals surface area contributed by atoms with Crippen molar-refractivity contribution in [3.8, 4) is 0 Å². The highest BCUT2D eigenvalue weighted by atomic mass is 31.2. The second-order valence-electron chi connectivity index (χ2n) is 15.3. The number of likely N-dealkylation sites (N-methyl/N-ethyl adjacent to an activating group) is 1. The molecule has 8 nitrogen and oxygen atoms in total. The number of allylic oxidation sites excluding steroid dienone is 1. The summed E-state index contributed by atoms with van der Waals surface area (Å²) in [4.78, 5) is 24.1. The molecule has 0 radical (unpaired) electrons. The topological polar surface area (TPSA) is 108 Å². The number of nitrogens with one attached hydrogen (secondary N) is 1. The van der Waals surface area contributed by atoms with Crippen molar-refractivity contribution >= 4 is 13.7 Å². The number of phosphoric acid groups is 1. The van der Waals surface area contributed by atoms with Crippen molar-refractivity contribution in [3.63, 3.8) is 0 Å². The number of unbranched alkanes of at least 4 members (excludes halogenated alkanes) is 25. The third kappa shape index (κ3) is 35.4. The average molecular weight is 717 g/mol. The van der Waals surface area contributed by atoms with Gasteiger partial charge in [-0.15, -0.1) is 0 Å². The van der Waals surface area contributed by atoms with Crippen LogP contribution in [-0.2, 0) is 18.4 Å². The SMILES string of the molecule is CCCCCCCCCCCCCCCCCCCCCCCCCCC/C=C/C(O)C(COP(=O)([O-])OCC[N+](C)(C)C)NC(=O)CC. The summed E-state index contributed by atoms with van der Waals surface area (Å²) in [6.45, 7) is 4.10. The van der Waals surface area contributed by atoms with Crippen molar-refractivity contribution in [2.24, 2.45) is 0 Å². The smallest absolute Gasteiger partial charge is 0.268 e. The number of aliphatic hydroxyl groups is 1. The lowest BCUT2D eigenvalue weighted by Crippen LogP contribution is -2.45. The number of carbonyl (C=O) groups is 1. The number of nitrogens with zero attached hydrogens (tertiary/aromatic N) is 1. The molecule has 1 amide bonds. The number of carbonyl (C=O) groups excluding carboxylic acids is 1. The first kappa shape index (κ1) is 48.2. The van der Waals surface area contributed by atoms with E-state index in [0.29, 0.717) is 11.0 Å². The zero-order valence-corrected chi connectivity index (χ0v) is 33.8. The van der Waals surface area contributed by atoms with Gasteiger partial charge in [-0.3, -0.25) is 9.36 Å². The zero-order valence-electron chi connectivity index (χ0n) is 32.9. The van der Waals surface area contributed by atoms with Crippen LogP contribution in [0.5, 0.6) is 0 Å². The highest BCUT2D eigenvalue weighted by Crippen LogP contribution is 2.38. The maximum Gasteiger partial charge on any atom is 0.268 e. The molecule has 49 heavy (non-hydrogen) atoms. The minimum atomic E-state index is -4.54. The summed E-state index contributed by atoms with van der Waals surface area (Å²) in [7, 11) is 1.26. The molecule has 0 aromatic rings. The maximum atomic E-state index is 12.1. The van der Waals surface area contributed by atoms with E-state index in [0.717, 1.165) is 19.3 Å². The maximum absolute atomic E-state index is 12.1. The Morgan fingerprint density at radius 1 is 0.694 bits per heavy atom. The molecule has 0 heterocycles. The van der Waals surface area contributed by atoms with Crippen LogP contribution in [0.25, 0.3) is 0 Å². The van der Waals surface area contributed by atoms with Crippen LogP contribution < -0.4 is 10.2 Å². The van der Waals surface area contributed by atoms with E-state index in [-0.39, 0.29) is 25.5 Å². The fourth-order valence-corrected chi connectivity index (χ4v) is 6.66. The second kappa shape index (κ2) is 33.1. The van der Waals surface area contributed by atoms with Crippen molar-refractivity contribution in [1.82, 2.24) is 5.32 Å². The molecule has 0 fully saturated rings. The first-order valence-electron chi connectivity index (χ1n) is 20.6. The quantitative estimate of drug-likeness (QED) is 0.0287. The van der Waals surface area contributed by atoms with E-state index in [1.54, 1.807) is 13.0 Å².